The summed E-state index contributed by atoms with van der Waals surface area (Å²) in [6.07, 6.45) is 11.1. The van der Waals surface area contributed by atoms with E-state index in [1.807, 2.05) is 0 Å². The van der Waals surface area contributed by atoms with E-state index >= 15 is 0 Å². The molecule has 17 heavy (non-hydrogen) atoms. The first-order valence-corrected chi connectivity index (χ1v) is 7.72. The summed E-state index contributed by atoms with van der Waals surface area (Å²) in [7, 11) is 0. The molecule has 2 rings (SSSR count). The molecule has 0 aliphatic heterocycles. The number of likely N-dealkylation sites (N-methyl/N-ethyl adjacent to an activating group) is 1. The molecule has 0 aromatic carbocycles. The molecule has 2 heteroatoms. The predicted octanol–water partition coefficient (Wildman–Crippen LogP) is 3.16. The standard InChI is InChI=1S/C15H30N2/c1-3-13-6-5-10-15(12-16,11-9-13)17(4-2)14-7-8-14/h13-14H,3-12,16H2,1-2H3. The molecule has 2 aliphatic rings. The van der Waals surface area contributed by atoms with Gasteiger partial charge >= 0.3 is 0 Å². The molecule has 2 saturated carbocycles. The maximum Gasteiger partial charge on any atom is 0.0334 e. The van der Waals surface area contributed by atoms with Gasteiger partial charge < -0.3 is 5.73 Å². The molecule has 2 unspecified atom stereocenters. The molecule has 2 nitrogen and oxygen atoms in total. The van der Waals surface area contributed by atoms with Gasteiger partial charge in [0.05, 0.1) is 0 Å². The van der Waals surface area contributed by atoms with Gasteiger partial charge in [-0.25, -0.2) is 0 Å². The molecule has 0 radical (unpaired) electrons. The summed E-state index contributed by atoms with van der Waals surface area (Å²) in [5, 5.41) is 0. The Morgan fingerprint density at radius 2 is 1.88 bits per heavy atom. The highest BCUT2D eigenvalue weighted by atomic mass is 15.3. The molecule has 2 aliphatic carbocycles. The zero-order chi connectivity index (χ0) is 12.3. The fourth-order valence-corrected chi connectivity index (χ4v) is 3.85. The summed E-state index contributed by atoms with van der Waals surface area (Å²) in [6, 6.07) is 0.863. The van der Waals surface area contributed by atoms with Crippen molar-refractivity contribution in [2.75, 3.05) is 13.1 Å². The van der Waals surface area contributed by atoms with Crippen LogP contribution in [0.4, 0.5) is 0 Å². The molecule has 0 amide bonds. The molecule has 100 valence electrons. The Bertz CT molecular complexity index is 237. The Balaban J connectivity index is 2.06. The highest BCUT2D eigenvalue weighted by Crippen LogP contribution is 2.40. The average molecular weight is 238 g/mol. The van der Waals surface area contributed by atoms with E-state index in [1.165, 1.54) is 57.9 Å². The van der Waals surface area contributed by atoms with E-state index in [9.17, 15) is 0 Å². The number of nitrogens with two attached hydrogens (primary N) is 1. The Labute approximate surface area is 107 Å². The van der Waals surface area contributed by atoms with Crippen molar-refractivity contribution in [3.8, 4) is 0 Å². The third-order valence-corrected chi connectivity index (χ3v) is 5.17. The smallest absolute Gasteiger partial charge is 0.0334 e. The summed E-state index contributed by atoms with van der Waals surface area (Å²) in [5.74, 6) is 0.960. The molecule has 0 spiro atoms. The van der Waals surface area contributed by atoms with Crippen molar-refractivity contribution >= 4 is 0 Å². The van der Waals surface area contributed by atoms with Gasteiger partial charge in [-0.2, -0.15) is 0 Å². The Kier molecular flexibility index (Phi) is 4.48. The normalized spacial score (nSPS) is 34.9. The second-order valence-corrected chi connectivity index (χ2v) is 6.15. The van der Waals surface area contributed by atoms with Crippen molar-refractivity contribution in [2.24, 2.45) is 11.7 Å². The molecule has 2 N–H and O–H groups in total. The van der Waals surface area contributed by atoms with Crippen LogP contribution in [0.3, 0.4) is 0 Å². The quantitative estimate of drug-likeness (QED) is 0.746. The summed E-state index contributed by atoms with van der Waals surface area (Å²) in [5.41, 5.74) is 6.54. The molecular formula is C15H30N2. The number of hydrogen-bond donors (Lipinski definition) is 1. The van der Waals surface area contributed by atoms with E-state index in [2.05, 4.69) is 18.7 Å². The Morgan fingerprint density at radius 1 is 1.12 bits per heavy atom. The zero-order valence-electron chi connectivity index (χ0n) is 11.8. The average Bonchev–Trinajstić information content (AvgIpc) is 3.17. The van der Waals surface area contributed by atoms with Crippen LogP contribution in [0, 0.1) is 5.92 Å². The fraction of sp³-hybridized carbons (Fsp3) is 1.00. The summed E-state index contributed by atoms with van der Waals surface area (Å²) >= 11 is 0. The molecule has 2 atom stereocenters. The van der Waals surface area contributed by atoms with Gasteiger partial charge in [0, 0.05) is 18.1 Å². The van der Waals surface area contributed by atoms with E-state index in [0.717, 1.165) is 18.5 Å². The van der Waals surface area contributed by atoms with E-state index in [4.69, 9.17) is 5.73 Å². The maximum absolute atomic E-state index is 6.19. The first-order valence-electron chi connectivity index (χ1n) is 7.72. The van der Waals surface area contributed by atoms with Gasteiger partial charge in [-0.05, 0) is 44.6 Å². The lowest BCUT2D eigenvalue weighted by molar-refractivity contribution is 0.0740. The van der Waals surface area contributed by atoms with Crippen molar-refractivity contribution in [3.05, 3.63) is 0 Å². The van der Waals surface area contributed by atoms with Crippen LogP contribution < -0.4 is 5.73 Å². The molecule has 0 aromatic rings. The number of hydrogen-bond acceptors (Lipinski definition) is 2. The second kappa shape index (κ2) is 5.71. The van der Waals surface area contributed by atoms with Gasteiger partial charge in [0.15, 0.2) is 0 Å². The highest BCUT2D eigenvalue weighted by Gasteiger charge is 2.43. The maximum atomic E-state index is 6.19. The van der Waals surface area contributed by atoms with Crippen molar-refractivity contribution in [2.45, 2.75) is 76.8 Å². The minimum Gasteiger partial charge on any atom is -0.329 e. The molecule has 0 bridgehead atoms. The molecule has 0 heterocycles. The van der Waals surface area contributed by atoms with Gasteiger partial charge in [0.1, 0.15) is 0 Å². The van der Waals surface area contributed by atoms with Crippen LogP contribution in [0.2, 0.25) is 0 Å². The van der Waals surface area contributed by atoms with Crippen molar-refractivity contribution in [1.82, 2.24) is 4.90 Å². The lowest BCUT2D eigenvalue weighted by Crippen LogP contribution is -2.54. The van der Waals surface area contributed by atoms with E-state index < -0.39 is 0 Å². The fourth-order valence-electron chi connectivity index (χ4n) is 3.85. The van der Waals surface area contributed by atoms with Gasteiger partial charge in [0.25, 0.3) is 0 Å². The minimum atomic E-state index is 0.347. The Hall–Kier alpha value is -0.0800. The molecule has 0 saturated heterocycles. The zero-order valence-corrected chi connectivity index (χ0v) is 11.8. The van der Waals surface area contributed by atoms with Crippen LogP contribution in [-0.4, -0.2) is 29.6 Å². The van der Waals surface area contributed by atoms with Gasteiger partial charge in [0.2, 0.25) is 0 Å². The van der Waals surface area contributed by atoms with Crippen LogP contribution in [0.25, 0.3) is 0 Å². The number of nitrogens with zero attached hydrogens (tertiary/aromatic N) is 1. The van der Waals surface area contributed by atoms with Crippen LogP contribution in [-0.2, 0) is 0 Å². The van der Waals surface area contributed by atoms with Gasteiger partial charge in [-0.1, -0.05) is 33.1 Å². The predicted molar refractivity (Wildman–Crippen MR) is 74.1 cm³/mol. The second-order valence-electron chi connectivity index (χ2n) is 6.15. The SMILES string of the molecule is CCC1CCCC(CN)(N(CC)C2CC2)CC1. The van der Waals surface area contributed by atoms with Crippen molar-refractivity contribution < 1.29 is 0 Å². The van der Waals surface area contributed by atoms with E-state index in [-0.39, 0.29) is 0 Å². The monoisotopic (exact) mass is 238 g/mol. The Morgan fingerprint density at radius 3 is 2.41 bits per heavy atom. The van der Waals surface area contributed by atoms with Crippen LogP contribution in [0.5, 0.6) is 0 Å². The van der Waals surface area contributed by atoms with E-state index in [1.54, 1.807) is 0 Å². The van der Waals surface area contributed by atoms with Crippen LogP contribution >= 0.6 is 0 Å². The van der Waals surface area contributed by atoms with Gasteiger partial charge in [-0.3, -0.25) is 4.90 Å². The highest BCUT2D eigenvalue weighted by molar-refractivity contribution is 5.00. The lowest BCUT2D eigenvalue weighted by atomic mass is 9.87. The minimum absolute atomic E-state index is 0.347. The first-order chi connectivity index (χ1) is 8.25. The van der Waals surface area contributed by atoms with Gasteiger partial charge in [-0.15, -0.1) is 0 Å². The topological polar surface area (TPSA) is 29.3 Å². The summed E-state index contributed by atoms with van der Waals surface area (Å²) in [6.45, 7) is 6.73. The third kappa shape index (κ3) is 2.85. The largest absolute Gasteiger partial charge is 0.329 e. The number of rotatable bonds is 5. The van der Waals surface area contributed by atoms with Crippen LogP contribution in [0.15, 0.2) is 0 Å². The molecule has 0 aromatic heterocycles. The molecule has 2 fully saturated rings. The van der Waals surface area contributed by atoms with Crippen LogP contribution in [0.1, 0.15) is 65.2 Å². The summed E-state index contributed by atoms with van der Waals surface area (Å²) < 4.78 is 0. The first kappa shape index (κ1) is 13.4. The van der Waals surface area contributed by atoms with Crippen molar-refractivity contribution in [1.29, 1.82) is 0 Å². The third-order valence-electron chi connectivity index (χ3n) is 5.17. The lowest BCUT2D eigenvalue weighted by Gasteiger charge is -2.43. The van der Waals surface area contributed by atoms with Crippen molar-refractivity contribution in [3.63, 3.8) is 0 Å². The summed E-state index contributed by atoms with van der Waals surface area (Å²) in [4.78, 5) is 2.76. The van der Waals surface area contributed by atoms with E-state index in [0.29, 0.717) is 5.54 Å². The molecular weight excluding hydrogens is 208 g/mol.